The van der Waals surface area contributed by atoms with Crippen molar-refractivity contribution in [2.75, 3.05) is 0 Å². The largest absolute Gasteiger partial charge is 0.274 e. The normalized spacial score (nSPS) is 17.7. The maximum absolute atomic E-state index is 12.6. The number of rotatable bonds is 1. The average Bonchev–Trinajstić information content (AvgIpc) is 2.86. The number of halogens is 2. The number of hydrogen-bond acceptors (Lipinski definition) is 2. The van der Waals surface area contributed by atoms with Crippen molar-refractivity contribution in [1.29, 1.82) is 0 Å². The number of aromatic nitrogens is 2. The van der Waals surface area contributed by atoms with E-state index in [0.29, 0.717) is 22.0 Å². The molecule has 1 aliphatic rings. The van der Waals surface area contributed by atoms with E-state index in [1.165, 1.54) is 5.56 Å². The quantitative estimate of drug-likeness (QED) is 0.647. The highest BCUT2D eigenvalue weighted by Gasteiger charge is 2.29. The van der Waals surface area contributed by atoms with Gasteiger partial charge in [0.1, 0.15) is 5.82 Å². The van der Waals surface area contributed by atoms with Gasteiger partial charge in [-0.2, -0.15) is 0 Å². The van der Waals surface area contributed by atoms with E-state index in [-0.39, 0.29) is 11.8 Å². The third kappa shape index (κ3) is 2.13. The highest BCUT2D eigenvalue weighted by molar-refractivity contribution is 6.42. The van der Waals surface area contributed by atoms with Gasteiger partial charge in [0, 0.05) is 12.8 Å². The predicted molar refractivity (Wildman–Crippen MR) is 87.9 cm³/mol. The lowest BCUT2D eigenvalue weighted by Gasteiger charge is -2.22. The van der Waals surface area contributed by atoms with E-state index in [4.69, 9.17) is 23.2 Å². The Labute approximate surface area is 137 Å². The number of carbonyl (C=O) groups excluding carboxylic acids is 1. The molecule has 0 bridgehead atoms. The standard InChI is InChI=1S/C17H12Cl2N2O/c18-12-8-14-15(9-13(12)19)21-16(20-14)6-11(7-17(21)22)10-4-2-1-3-5-10/h1-5,8-9,11H,6-7H2. The molecule has 2 aromatic carbocycles. The first kappa shape index (κ1) is 13.8. The molecule has 0 amide bonds. The minimum atomic E-state index is 0.0518. The Balaban J connectivity index is 1.83. The van der Waals surface area contributed by atoms with Crippen LogP contribution in [0.1, 0.15) is 28.5 Å². The van der Waals surface area contributed by atoms with E-state index < -0.39 is 0 Å². The van der Waals surface area contributed by atoms with Gasteiger partial charge < -0.3 is 0 Å². The van der Waals surface area contributed by atoms with E-state index in [0.717, 1.165) is 17.8 Å². The minimum absolute atomic E-state index is 0.0518. The Bertz CT molecular complexity index is 887. The Morgan fingerprint density at radius 2 is 1.77 bits per heavy atom. The first-order valence-electron chi connectivity index (χ1n) is 7.08. The summed E-state index contributed by atoms with van der Waals surface area (Å²) in [5.74, 6) is 0.999. The fourth-order valence-corrected chi connectivity index (χ4v) is 3.41. The SMILES string of the molecule is O=C1CC(c2ccccc2)Cc2nc3cc(Cl)c(Cl)cc3n21. The van der Waals surface area contributed by atoms with E-state index in [1.807, 2.05) is 18.2 Å². The highest BCUT2D eigenvalue weighted by Crippen LogP contribution is 2.34. The van der Waals surface area contributed by atoms with Crippen molar-refractivity contribution in [2.24, 2.45) is 0 Å². The third-order valence-corrected chi connectivity index (χ3v) is 4.86. The molecule has 0 fully saturated rings. The monoisotopic (exact) mass is 330 g/mol. The van der Waals surface area contributed by atoms with Gasteiger partial charge in [0.05, 0.1) is 21.1 Å². The minimum Gasteiger partial charge on any atom is -0.274 e. The summed E-state index contributed by atoms with van der Waals surface area (Å²) in [6.45, 7) is 0. The molecule has 0 saturated carbocycles. The molecule has 1 atom stereocenters. The lowest BCUT2D eigenvalue weighted by Crippen LogP contribution is -2.25. The summed E-state index contributed by atoms with van der Waals surface area (Å²) in [5.41, 5.74) is 2.62. The van der Waals surface area contributed by atoms with E-state index in [2.05, 4.69) is 17.1 Å². The van der Waals surface area contributed by atoms with Gasteiger partial charge in [-0.05, 0) is 23.6 Å². The fourth-order valence-electron chi connectivity index (χ4n) is 3.09. The van der Waals surface area contributed by atoms with Crippen LogP contribution >= 0.6 is 23.2 Å². The third-order valence-electron chi connectivity index (χ3n) is 4.14. The van der Waals surface area contributed by atoms with Crippen LogP contribution in [-0.2, 0) is 6.42 Å². The van der Waals surface area contributed by atoms with Gasteiger partial charge in [0.2, 0.25) is 5.91 Å². The number of benzene rings is 2. The molecule has 1 unspecified atom stereocenters. The van der Waals surface area contributed by atoms with Gasteiger partial charge in [-0.3, -0.25) is 9.36 Å². The zero-order chi connectivity index (χ0) is 15.3. The maximum atomic E-state index is 12.6. The predicted octanol–water partition coefficient (Wildman–Crippen LogP) is 4.71. The van der Waals surface area contributed by atoms with E-state index >= 15 is 0 Å². The molecule has 0 N–H and O–H groups in total. The summed E-state index contributed by atoms with van der Waals surface area (Å²) >= 11 is 12.1. The molecular weight excluding hydrogens is 319 g/mol. The summed E-state index contributed by atoms with van der Waals surface area (Å²) < 4.78 is 1.68. The summed E-state index contributed by atoms with van der Waals surface area (Å²) in [6, 6.07) is 13.5. The lowest BCUT2D eigenvalue weighted by molar-refractivity contribution is 0.0877. The Morgan fingerprint density at radius 1 is 1.05 bits per heavy atom. The van der Waals surface area contributed by atoms with Gasteiger partial charge in [-0.25, -0.2) is 4.98 Å². The number of imidazole rings is 1. The van der Waals surface area contributed by atoms with Gasteiger partial charge in [-0.15, -0.1) is 0 Å². The summed E-state index contributed by atoms with van der Waals surface area (Å²) in [5, 5.41) is 0.895. The molecule has 22 heavy (non-hydrogen) atoms. The highest BCUT2D eigenvalue weighted by atomic mass is 35.5. The number of fused-ring (bicyclic) bond motifs is 3. The van der Waals surface area contributed by atoms with Crippen molar-refractivity contribution < 1.29 is 4.79 Å². The van der Waals surface area contributed by atoms with E-state index in [9.17, 15) is 4.79 Å². The van der Waals surface area contributed by atoms with Crippen molar-refractivity contribution in [3.05, 3.63) is 63.9 Å². The van der Waals surface area contributed by atoms with Crippen molar-refractivity contribution in [2.45, 2.75) is 18.8 Å². The molecule has 1 aromatic heterocycles. The molecule has 0 spiro atoms. The smallest absolute Gasteiger partial charge is 0.233 e. The first-order valence-corrected chi connectivity index (χ1v) is 7.83. The zero-order valence-corrected chi connectivity index (χ0v) is 13.1. The second kappa shape index (κ2) is 5.11. The summed E-state index contributed by atoms with van der Waals surface area (Å²) in [7, 11) is 0. The van der Waals surface area contributed by atoms with Crippen molar-refractivity contribution in [1.82, 2.24) is 9.55 Å². The number of hydrogen-bond donors (Lipinski definition) is 0. The van der Waals surface area contributed by atoms with Crippen molar-refractivity contribution in [3.8, 4) is 0 Å². The van der Waals surface area contributed by atoms with Crippen LogP contribution in [0.25, 0.3) is 11.0 Å². The maximum Gasteiger partial charge on any atom is 0.233 e. The molecule has 4 rings (SSSR count). The van der Waals surface area contributed by atoms with Gasteiger partial charge in [0.15, 0.2) is 0 Å². The molecule has 110 valence electrons. The zero-order valence-electron chi connectivity index (χ0n) is 11.6. The molecule has 5 heteroatoms. The van der Waals surface area contributed by atoms with Crippen LogP contribution in [0.4, 0.5) is 0 Å². The molecule has 0 radical (unpaired) electrons. The van der Waals surface area contributed by atoms with Crippen LogP contribution in [0.15, 0.2) is 42.5 Å². The summed E-state index contributed by atoms with van der Waals surface area (Å²) in [6.07, 6.45) is 1.21. The van der Waals surface area contributed by atoms with Crippen LogP contribution < -0.4 is 0 Å². The van der Waals surface area contributed by atoms with Crippen LogP contribution in [0.5, 0.6) is 0 Å². The number of nitrogens with zero attached hydrogens (tertiary/aromatic N) is 2. The van der Waals surface area contributed by atoms with E-state index in [1.54, 1.807) is 16.7 Å². The lowest BCUT2D eigenvalue weighted by atomic mass is 9.90. The Kier molecular flexibility index (Phi) is 3.21. The fraction of sp³-hybridized carbons (Fsp3) is 0.176. The molecule has 0 saturated heterocycles. The number of carbonyl (C=O) groups is 1. The molecule has 0 aliphatic carbocycles. The summed E-state index contributed by atoms with van der Waals surface area (Å²) in [4.78, 5) is 17.2. The van der Waals surface area contributed by atoms with Gasteiger partial charge >= 0.3 is 0 Å². The average molecular weight is 331 g/mol. The van der Waals surface area contributed by atoms with Crippen LogP contribution in [0.2, 0.25) is 10.0 Å². The second-order valence-electron chi connectivity index (χ2n) is 5.53. The molecule has 1 aliphatic heterocycles. The Morgan fingerprint density at radius 3 is 2.55 bits per heavy atom. The molecule has 2 heterocycles. The second-order valence-corrected chi connectivity index (χ2v) is 6.34. The van der Waals surface area contributed by atoms with Crippen LogP contribution in [0.3, 0.4) is 0 Å². The van der Waals surface area contributed by atoms with Gasteiger partial charge in [-0.1, -0.05) is 53.5 Å². The van der Waals surface area contributed by atoms with Crippen LogP contribution in [0, 0.1) is 0 Å². The van der Waals surface area contributed by atoms with Crippen molar-refractivity contribution in [3.63, 3.8) is 0 Å². The van der Waals surface area contributed by atoms with Crippen molar-refractivity contribution >= 4 is 40.1 Å². The molecule has 3 nitrogen and oxygen atoms in total. The molecule has 3 aromatic rings. The first-order chi connectivity index (χ1) is 10.6. The van der Waals surface area contributed by atoms with Gasteiger partial charge in [0.25, 0.3) is 0 Å². The Hall–Kier alpha value is -1.84. The molecular formula is C17H12Cl2N2O. The van der Waals surface area contributed by atoms with Crippen LogP contribution in [-0.4, -0.2) is 15.5 Å². The topological polar surface area (TPSA) is 34.9 Å².